The number of carboxylic acid groups (broad SMARTS) is 1. The minimum Gasteiger partial charge on any atom is -0.481 e. The molecule has 0 amide bonds. The van der Waals surface area contributed by atoms with Crippen LogP contribution in [0.3, 0.4) is 0 Å². The van der Waals surface area contributed by atoms with Gasteiger partial charge in [0, 0.05) is 64.8 Å². The van der Waals surface area contributed by atoms with Crippen molar-refractivity contribution in [2.24, 2.45) is 0 Å². The molecule has 1 N–H and O–H groups in total. The van der Waals surface area contributed by atoms with E-state index in [1.54, 1.807) is 55.1 Å². The Labute approximate surface area is 345 Å². The Balaban J connectivity index is 0.000000195. The second-order valence-corrected chi connectivity index (χ2v) is 15.1. The zero-order valence-corrected chi connectivity index (χ0v) is 33.2. The summed E-state index contributed by atoms with van der Waals surface area (Å²) >= 11 is 4.51. The summed E-state index contributed by atoms with van der Waals surface area (Å²) in [6.45, 7) is 1.96. The van der Waals surface area contributed by atoms with Gasteiger partial charge in [-0.05, 0) is 79.7 Å². The lowest BCUT2D eigenvalue weighted by Crippen LogP contribution is -2.09. The van der Waals surface area contributed by atoms with Crippen LogP contribution in [0.2, 0.25) is 0 Å². The van der Waals surface area contributed by atoms with Gasteiger partial charge in [-0.2, -0.15) is 0 Å². The van der Waals surface area contributed by atoms with E-state index >= 15 is 0 Å². The lowest BCUT2D eigenvalue weighted by atomic mass is 10.1. The molecule has 0 aliphatic carbocycles. The fourth-order valence-corrected chi connectivity index (χ4v) is 7.57. The number of esters is 1. The van der Waals surface area contributed by atoms with Crippen LogP contribution in [0.25, 0.3) is 0 Å². The van der Waals surface area contributed by atoms with Gasteiger partial charge < -0.3 is 9.84 Å². The van der Waals surface area contributed by atoms with E-state index in [0.29, 0.717) is 5.56 Å². The lowest BCUT2D eigenvalue weighted by molar-refractivity contribution is -0.385. The molecule has 0 saturated heterocycles. The first-order valence-corrected chi connectivity index (χ1v) is 19.7. The highest BCUT2D eigenvalue weighted by Crippen LogP contribution is 2.33. The van der Waals surface area contributed by atoms with Crippen LogP contribution < -0.4 is 0 Å². The highest BCUT2D eigenvalue weighted by molar-refractivity contribution is 7.99. The van der Waals surface area contributed by atoms with Gasteiger partial charge in [-0.3, -0.25) is 39.9 Å². The fourth-order valence-electron chi connectivity index (χ4n) is 4.93. The number of ether oxygens (including phenoxy) is 1. The number of non-ortho nitro benzene ring substituents is 1. The molecule has 0 aliphatic rings. The number of rotatable bonds is 14. The van der Waals surface area contributed by atoms with Crippen molar-refractivity contribution >= 4 is 64.3 Å². The summed E-state index contributed by atoms with van der Waals surface area (Å²) in [4.78, 5) is 59.1. The molecular weight excluding hydrogens is 803 g/mol. The summed E-state index contributed by atoms with van der Waals surface area (Å²) in [5.74, 6) is -1.55. The quantitative estimate of drug-likeness (QED) is 0.0619. The molecule has 0 heterocycles. The molecule has 0 bridgehead atoms. The van der Waals surface area contributed by atoms with E-state index in [4.69, 9.17) is 9.84 Å². The van der Waals surface area contributed by atoms with Crippen LogP contribution in [-0.2, 0) is 27.2 Å². The Morgan fingerprint density at radius 1 is 0.517 bits per heavy atom. The van der Waals surface area contributed by atoms with Gasteiger partial charge >= 0.3 is 11.9 Å². The molecule has 0 aliphatic heterocycles. The van der Waals surface area contributed by atoms with Crippen molar-refractivity contribution in [3.63, 3.8) is 0 Å². The molecule has 58 heavy (non-hydrogen) atoms. The largest absolute Gasteiger partial charge is 0.481 e. The van der Waals surface area contributed by atoms with Crippen molar-refractivity contribution in [3.8, 4) is 0 Å². The minimum absolute atomic E-state index is 0.0644. The fraction of sp³-hybridized carbons (Fsp3) is 0.0952. The Morgan fingerprint density at radius 2 is 0.879 bits per heavy atom. The Bertz CT molecular complexity index is 2320. The van der Waals surface area contributed by atoms with Crippen molar-refractivity contribution in [2.75, 3.05) is 6.61 Å². The first-order valence-electron chi connectivity index (χ1n) is 17.3. The standard InChI is InChI=1S/C16H15NO4S.C14H11NO4S.C12H9NO2S/c1-2-21-16(18)11-12-10-14(8-9-15(12)17(19)20)22-13-6-4-3-5-7-13;16-14(17)9-10-8-12(6-7-13(10)15(18)19)20-11-4-2-1-3-5-11;14-13(15)10-6-8-12(9-7-10)16-11-4-2-1-3-5-11/h3-10H,2,11H2,1H3;1-8H,9H2,(H,16,17);1-9H. The third kappa shape index (κ3) is 14.9. The highest BCUT2D eigenvalue weighted by Gasteiger charge is 2.19. The molecule has 13 nitrogen and oxygen atoms in total. The molecule has 16 heteroatoms. The molecule has 0 aromatic heterocycles. The predicted molar refractivity (Wildman–Crippen MR) is 223 cm³/mol. The van der Waals surface area contributed by atoms with Crippen LogP contribution in [-0.4, -0.2) is 38.4 Å². The van der Waals surface area contributed by atoms with Crippen LogP contribution in [0.15, 0.2) is 181 Å². The van der Waals surface area contributed by atoms with E-state index in [9.17, 15) is 39.9 Å². The van der Waals surface area contributed by atoms with Crippen LogP contribution in [0.4, 0.5) is 17.1 Å². The molecule has 296 valence electrons. The van der Waals surface area contributed by atoms with Crippen LogP contribution in [0.1, 0.15) is 18.1 Å². The molecule has 0 fully saturated rings. The van der Waals surface area contributed by atoms with Gasteiger partial charge in [0.1, 0.15) is 0 Å². The smallest absolute Gasteiger partial charge is 0.310 e. The van der Waals surface area contributed by atoms with E-state index in [1.807, 2.05) is 91.0 Å². The maximum atomic E-state index is 11.6. The number of carbonyl (C=O) groups is 2. The van der Waals surface area contributed by atoms with Gasteiger partial charge in [-0.15, -0.1) is 0 Å². The monoisotopic (exact) mass is 837 g/mol. The Morgan fingerprint density at radius 3 is 1.24 bits per heavy atom. The number of carbonyl (C=O) groups excluding carboxylic acids is 1. The maximum absolute atomic E-state index is 11.6. The summed E-state index contributed by atoms with van der Waals surface area (Å²) in [5.41, 5.74) is 0.473. The third-order valence-electron chi connectivity index (χ3n) is 7.46. The van der Waals surface area contributed by atoms with Crippen molar-refractivity contribution in [2.45, 2.75) is 49.1 Å². The van der Waals surface area contributed by atoms with Crippen molar-refractivity contribution in [1.82, 2.24) is 0 Å². The molecule has 6 rings (SSSR count). The zero-order chi connectivity index (χ0) is 41.9. The Hall–Kier alpha value is -6.49. The van der Waals surface area contributed by atoms with Gasteiger partial charge in [0.15, 0.2) is 0 Å². The zero-order valence-electron chi connectivity index (χ0n) is 30.7. The number of hydrogen-bond donors (Lipinski definition) is 1. The van der Waals surface area contributed by atoms with E-state index in [0.717, 1.165) is 29.4 Å². The third-order valence-corrected chi connectivity index (χ3v) is 10.5. The summed E-state index contributed by atoms with van der Waals surface area (Å²) in [5, 5.41) is 41.2. The molecule has 0 unspecified atom stereocenters. The molecule has 0 saturated carbocycles. The van der Waals surface area contributed by atoms with Crippen molar-refractivity contribution < 1.29 is 34.2 Å². The minimum atomic E-state index is -1.09. The molecule has 6 aromatic carbocycles. The summed E-state index contributed by atoms with van der Waals surface area (Å²) in [6, 6.07) is 45.0. The second kappa shape index (κ2) is 22.9. The van der Waals surface area contributed by atoms with E-state index in [2.05, 4.69) is 0 Å². The average molecular weight is 838 g/mol. The number of aliphatic carboxylic acids is 1. The van der Waals surface area contributed by atoms with Gasteiger partial charge in [0.2, 0.25) is 0 Å². The van der Waals surface area contributed by atoms with Crippen LogP contribution >= 0.6 is 35.3 Å². The number of hydrogen-bond acceptors (Lipinski definition) is 12. The van der Waals surface area contributed by atoms with Crippen LogP contribution in [0, 0.1) is 30.3 Å². The summed E-state index contributed by atoms with van der Waals surface area (Å²) < 4.78 is 4.87. The van der Waals surface area contributed by atoms with Crippen molar-refractivity contribution in [3.05, 3.63) is 193 Å². The van der Waals surface area contributed by atoms with Gasteiger partial charge in [-0.1, -0.05) is 89.9 Å². The molecule has 6 aromatic rings. The number of carboxylic acids is 1. The molecular formula is C42H35N3O10S3. The molecule has 0 atom stereocenters. The van der Waals surface area contributed by atoms with Gasteiger partial charge in [0.05, 0.1) is 34.2 Å². The maximum Gasteiger partial charge on any atom is 0.310 e. The van der Waals surface area contributed by atoms with Gasteiger partial charge in [-0.25, -0.2) is 0 Å². The topological polar surface area (TPSA) is 193 Å². The Kier molecular flexibility index (Phi) is 17.5. The van der Waals surface area contributed by atoms with E-state index < -0.39 is 26.7 Å². The number of nitro groups is 3. The second-order valence-electron chi connectivity index (χ2n) is 11.6. The predicted octanol–water partition coefficient (Wildman–Crippen LogP) is 11.0. The first kappa shape index (κ1) is 44.2. The number of nitro benzene ring substituents is 3. The lowest BCUT2D eigenvalue weighted by Gasteiger charge is -2.06. The SMILES string of the molecule is CCOC(=O)Cc1cc(Sc2ccccc2)ccc1[N+](=O)[O-].O=C(O)Cc1cc(Sc2ccccc2)ccc1[N+](=O)[O-].O=[N+]([O-])c1ccc(Sc2ccccc2)cc1. The normalized spacial score (nSPS) is 10.2. The number of benzene rings is 6. The first-order chi connectivity index (χ1) is 27.9. The van der Waals surface area contributed by atoms with Gasteiger partial charge in [0.25, 0.3) is 17.1 Å². The highest BCUT2D eigenvalue weighted by atomic mass is 32.2. The van der Waals surface area contributed by atoms with Crippen molar-refractivity contribution in [1.29, 1.82) is 0 Å². The van der Waals surface area contributed by atoms with E-state index in [-0.39, 0.29) is 42.1 Å². The van der Waals surface area contributed by atoms with E-state index in [1.165, 1.54) is 47.8 Å². The molecule has 0 spiro atoms. The summed E-state index contributed by atoms with van der Waals surface area (Å²) in [7, 11) is 0. The summed E-state index contributed by atoms with van der Waals surface area (Å²) in [6.07, 6.45) is -0.465. The number of nitrogens with zero attached hydrogens (tertiary/aromatic N) is 3. The van der Waals surface area contributed by atoms with Crippen LogP contribution in [0.5, 0.6) is 0 Å². The average Bonchev–Trinajstić information content (AvgIpc) is 3.20. The molecule has 0 radical (unpaired) electrons.